The molecule has 0 saturated carbocycles. The summed E-state index contributed by atoms with van der Waals surface area (Å²) in [5.41, 5.74) is 3.76. The fourth-order valence-electron chi connectivity index (χ4n) is 3.03. The number of ether oxygens (including phenoxy) is 1. The Morgan fingerprint density at radius 3 is 2.35 bits per heavy atom. The second-order valence-corrected chi connectivity index (χ2v) is 8.77. The van der Waals surface area contributed by atoms with Crippen molar-refractivity contribution in [1.82, 2.24) is 0 Å². The number of rotatable bonds is 15. The van der Waals surface area contributed by atoms with E-state index in [1.54, 1.807) is 0 Å². The van der Waals surface area contributed by atoms with Crippen LogP contribution in [0.1, 0.15) is 63.0 Å². The highest BCUT2D eigenvalue weighted by atomic mass is 31.2. The minimum absolute atomic E-state index is 0.00224. The molecule has 6 nitrogen and oxygen atoms in total. The van der Waals surface area contributed by atoms with Gasteiger partial charge < -0.3 is 29.3 Å². The topological polar surface area (TPSA) is 108 Å². The zero-order chi connectivity index (χ0) is 23.5. The Bertz CT molecular complexity index is 713. The standard InChI is InChI=1S/C20H32F4NO5P/c1-2-3-4-5-6-13-29-18-8-7-16(14-17(18)20(22,23)24)9-10-19(25,11-12-21)15-30-31(26,27)28/h7-8,14H,2-6,9-13,15,25H2,1H3,(H2,26,27,28)/p-2. The Morgan fingerprint density at radius 1 is 1.10 bits per heavy atom. The lowest BCUT2D eigenvalue weighted by atomic mass is 9.90. The van der Waals surface area contributed by atoms with Crippen molar-refractivity contribution in [2.45, 2.75) is 70.0 Å². The minimum Gasteiger partial charge on any atom is -0.790 e. The normalized spacial score (nSPS) is 14.5. The number of phosphoric ester groups is 1. The molecule has 0 amide bonds. The van der Waals surface area contributed by atoms with Gasteiger partial charge in [0.05, 0.1) is 33.3 Å². The highest BCUT2D eigenvalue weighted by Gasteiger charge is 2.35. The molecule has 1 rings (SSSR count). The van der Waals surface area contributed by atoms with Gasteiger partial charge in [-0.25, -0.2) is 0 Å². The third-order valence-electron chi connectivity index (χ3n) is 4.87. The van der Waals surface area contributed by atoms with Crippen LogP contribution in [0, 0.1) is 0 Å². The third-order valence-corrected chi connectivity index (χ3v) is 5.31. The highest BCUT2D eigenvalue weighted by molar-refractivity contribution is 7.43. The lowest BCUT2D eigenvalue weighted by molar-refractivity contribution is -0.342. The van der Waals surface area contributed by atoms with Gasteiger partial charge in [0.2, 0.25) is 0 Å². The number of aryl methyl sites for hydroxylation is 1. The van der Waals surface area contributed by atoms with Crippen LogP contribution >= 0.6 is 7.82 Å². The molecule has 0 aliphatic rings. The third kappa shape index (κ3) is 11.3. The van der Waals surface area contributed by atoms with E-state index >= 15 is 0 Å². The van der Waals surface area contributed by atoms with Crippen molar-refractivity contribution >= 4 is 7.82 Å². The van der Waals surface area contributed by atoms with Crippen molar-refractivity contribution in [2.24, 2.45) is 5.73 Å². The average Bonchev–Trinajstić information content (AvgIpc) is 2.67. The van der Waals surface area contributed by atoms with E-state index in [0.717, 1.165) is 31.7 Å². The Morgan fingerprint density at radius 2 is 1.77 bits per heavy atom. The van der Waals surface area contributed by atoms with Crippen molar-refractivity contribution in [3.63, 3.8) is 0 Å². The van der Waals surface area contributed by atoms with E-state index in [1.807, 2.05) is 0 Å². The van der Waals surface area contributed by atoms with Crippen molar-refractivity contribution in [3.05, 3.63) is 29.3 Å². The number of alkyl halides is 4. The van der Waals surface area contributed by atoms with E-state index in [0.29, 0.717) is 6.42 Å². The summed E-state index contributed by atoms with van der Waals surface area (Å²) in [7, 11) is -5.31. The molecule has 0 spiro atoms. The molecule has 2 N–H and O–H groups in total. The molecular weight excluding hydrogens is 441 g/mol. The van der Waals surface area contributed by atoms with Gasteiger partial charge in [0.25, 0.3) is 0 Å². The number of unbranched alkanes of at least 4 members (excludes halogenated alkanes) is 4. The summed E-state index contributed by atoms with van der Waals surface area (Å²) in [5.74, 6) is -0.267. The molecule has 0 bridgehead atoms. The lowest BCUT2D eigenvalue weighted by Gasteiger charge is -2.35. The molecule has 0 saturated heterocycles. The first-order chi connectivity index (χ1) is 14.4. The van der Waals surface area contributed by atoms with Crippen LogP contribution in [-0.2, 0) is 21.7 Å². The van der Waals surface area contributed by atoms with E-state index in [9.17, 15) is 31.9 Å². The molecule has 180 valence electrons. The van der Waals surface area contributed by atoms with Crippen LogP contribution in [0.25, 0.3) is 0 Å². The van der Waals surface area contributed by atoms with E-state index in [-0.39, 0.29) is 37.2 Å². The second-order valence-electron chi connectivity index (χ2n) is 7.61. The summed E-state index contributed by atoms with van der Waals surface area (Å²) in [6, 6.07) is 3.62. The quantitative estimate of drug-likeness (QED) is 0.236. The maximum Gasteiger partial charge on any atom is 0.419 e. The van der Waals surface area contributed by atoms with Gasteiger partial charge in [-0.15, -0.1) is 0 Å². The maximum absolute atomic E-state index is 13.5. The number of phosphoric acid groups is 1. The predicted octanol–water partition coefficient (Wildman–Crippen LogP) is 3.89. The number of hydrogen-bond donors (Lipinski definition) is 1. The van der Waals surface area contributed by atoms with E-state index in [2.05, 4.69) is 11.4 Å². The molecule has 0 aliphatic carbocycles. The molecule has 1 aromatic carbocycles. The maximum atomic E-state index is 13.5. The molecule has 0 aliphatic heterocycles. The Kier molecular flexibility index (Phi) is 11.4. The molecule has 1 aromatic rings. The Labute approximate surface area is 180 Å². The van der Waals surface area contributed by atoms with Crippen LogP contribution in [0.15, 0.2) is 18.2 Å². The first-order valence-corrected chi connectivity index (χ1v) is 11.7. The summed E-state index contributed by atoms with van der Waals surface area (Å²) in [5, 5.41) is 0. The number of benzene rings is 1. The summed E-state index contributed by atoms with van der Waals surface area (Å²) >= 11 is 0. The van der Waals surface area contributed by atoms with Crippen molar-refractivity contribution in [3.8, 4) is 5.75 Å². The fourth-order valence-corrected chi connectivity index (χ4v) is 3.44. The molecule has 11 heteroatoms. The van der Waals surface area contributed by atoms with Crippen molar-refractivity contribution in [2.75, 3.05) is 19.9 Å². The summed E-state index contributed by atoms with van der Waals surface area (Å²) in [6.45, 7) is 0.600. The molecule has 1 atom stereocenters. The molecule has 0 heterocycles. The smallest absolute Gasteiger partial charge is 0.419 e. The minimum atomic E-state index is -5.31. The van der Waals surface area contributed by atoms with Gasteiger partial charge in [-0.3, -0.25) is 4.39 Å². The number of hydrogen-bond acceptors (Lipinski definition) is 6. The first kappa shape index (κ1) is 27.8. The predicted molar refractivity (Wildman–Crippen MR) is 105 cm³/mol. The van der Waals surface area contributed by atoms with E-state index in [4.69, 9.17) is 10.5 Å². The number of halogens is 4. The molecule has 0 fully saturated rings. The van der Waals surface area contributed by atoms with E-state index in [1.165, 1.54) is 12.1 Å². The monoisotopic (exact) mass is 471 g/mol. The van der Waals surface area contributed by atoms with Crippen LogP contribution in [0.2, 0.25) is 0 Å². The van der Waals surface area contributed by atoms with Crippen LogP contribution in [0.3, 0.4) is 0 Å². The van der Waals surface area contributed by atoms with Crippen molar-refractivity contribution < 1.29 is 41.2 Å². The van der Waals surface area contributed by atoms with Crippen LogP contribution in [0.5, 0.6) is 5.75 Å². The van der Waals surface area contributed by atoms with Gasteiger partial charge in [-0.1, -0.05) is 38.7 Å². The SMILES string of the molecule is CCCCCCCOc1ccc(CCC(N)(CCF)COP(=O)([O-])[O-])cc1C(F)(F)F. The fraction of sp³-hybridized carbons (Fsp3) is 0.700. The molecule has 0 aromatic heterocycles. The van der Waals surface area contributed by atoms with Crippen LogP contribution in [-0.4, -0.2) is 25.4 Å². The van der Waals surface area contributed by atoms with Gasteiger partial charge in [0.1, 0.15) is 5.75 Å². The summed E-state index contributed by atoms with van der Waals surface area (Å²) in [6.07, 6.45) is -0.347. The van der Waals surface area contributed by atoms with Gasteiger partial charge in [-0.05, 0) is 43.4 Å². The van der Waals surface area contributed by atoms with Gasteiger partial charge in [-0.2, -0.15) is 13.2 Å². The molecular formula is C20H30F4NO5P-2. The first-order valence-electron chi connectivity index (χ1n) is 10.2. The average molecular weight is 471 g/mol. The molecule has 31 heavy (non-hydrogen) atoms. The van der Waals surface area contributed by atoms with Gasteiger partial charge in [0.15, 0.2) is 0 Å². The summed E-state index contributed by atoms with van der Waals surface area (Å²) < 4.78 is 73.4. The zero-order valence-electron chi connectivity index (χ0n) is 17.6. The summed E-state index contributed by atoms with van der Waals surface area (Å²) in [4.78, 5) is 21.3. The molecule has 0 radical (unpaired) electrons. The van der Waals surface area contributed by atoms with Crippen LogP contribution in [0.4, 0.5) is 17.6 Å². The Hall–Kier alpha value is -1.19. The molecule has 1 unspecified atom stereocenters. The number of nitrogens with two attached hydrogens (primary N) is 1. The van der Waals surface area contributed by atoms with Crippen molar-refractivity contribution in [1.29, 1.82) is 0 Å². The largest absolute Gasteiger partial charge is 0.790 e. The van der Waals surface area contributed by atoms with Gasteiger partial charge in [0, 0.05) is 5.54 Å². The van der Waals surface area contributed by atoms with Gasteiger partial charge >= 0.3 is 6.18 Å². The Balaban J connectivity index is 2.82. The lowest BCUT2D eigenvalue weighted by Crippen LogP contribution is -2.46. The van der Waals surface area contributed by atoms with E-state index < -0.39 is 38.4 Å². The van der Waals surface area contributed by atoms with Crippen LogP contribution < -0.4 is 20.3 Å². The highest BCUT2D eigenvalue weighted by Crippen LogP contribution is 2.37. The zero-order valence-corrected chi connectivity index (χ0v) is 18.5. The second kappa shape index (κ2) is 12.7.